The van der Waals surface area contributed by atoms with Crippen LogP contribution >= 0.6 is 0 Å². The van der Waals surface area contributed by atoms with E-state index in [0.29, 0.717) is 6.61 Å². The van der Waals surface area contributed by atoms with E-state index in [1.165, 1.54) is 0 Å². The standard InChI is InChI=1S/C9H14N2O/c1-12-7-4-9(10)8-2-5-11-6-3-8/h2-3,5-6,9H,4,7,10H2,1H3. The Hall–Kier alpha value is -0.930. The lowest BCUT2D eigenvalue weighted by Crippen LogP contribution is -2.12. The normalized spacial score (nSPS) is 12.8. The summed E-state index contributed by atoms with van der Waals surface area (Å²) in [6.45, 7) is 0.698. The summed E-state index contributed by atoms with van der Waals surface area (Å²) >= 11 is 0. The van der Waals surface area contributed by atoms with E-state index in [4.69, 9.17) is 10.5 Å². The molecule has 0 bridgehead atoms. The molecule has 0 saturated heterocycles. The molecule has 12 heavy (non-hydrogen) atoms. The molecule has 2 N–H and O–H groups in total. The van der Waals surface area contributed by atoms with Gasteiger partial charge in [-0.25, -0.2) is 0 Å². The molecule has 0 spiro atoms. The number of rotatable bonds is 4. The summed E-state index contributed by atoms with van der Waals surface area (Å²) in [6, 6.07) is 3.92. The van der Waals surface area contributed by atoms with Crippen LogP contribution < -0.4 is 5.73 Å². The maximum absolute atomic E-state index is 5.87. The molecule has 0 fully saturated rings. The van der Waals surface area contributed by atoms with Crippen LogP contribution in [0, 0.1) is 0 Å². The van der Waals surface area contributed by atoms with Gasteiger partial charge in [0.1, 0.15) is 0 Å². The zero-order chi connectivity index (χ0) is 8.81. The fourth-order valence-electron chi connectivity index (χ4n) is 1.02. The molecule has 0 aliphatic carbocycles. The number of ether oxygens (including phenoxy) is 1. The fourth-order valence-corrected chi connectivity index (χ4v) is 1.02. The Morgan fingerprint density at radius 3 is 2.75 bits per heavy atom. The average molecular weight is 166 g/mol. The van der Waals surface area contributed by atoms with Gasteiger partial charge in [-0.1, -0.05) is 0 Å². The predicted molar refractivity (Wildman–Crippen MR) is 47.7 cm³/mol. The largest absolute Gasteiger partial charge is 0.385 e. The maximum Gasteiger partial charge on any atom is 0.0480 e. The number of hydrogen-bond donors (Lipinski definition) is 1. The molecule has 1 aromatic heterocycles. The van der Waals surface area contributed by atoms with Crippen LogP contribution in [0.2, 0.25) is 0 Å². The Balaban J connectivity index is 2.48. The number of aromatic nitrogens is 1. The van der Waals surface area contributed by atoms with Crippen molar-refractivity contribution in [1.82, 2.24) is 4.98 Å². The van der Waals surface area contributed by atoms with E-state index in [1.54, 1.807) is 19.5 Å². The topological polar surface area (TPSA) is 48.1 Å². The summed E-state index contributed by atoms with van der Waals surface area (Å²) in [5.74, 6) is 0. The molecule has 0 amide bonds. The summed E-state index contributed by atoms with van der Waals surface area (Å²) in [5, 5.41) is 0. The number of hydrogen-bond acceptors (Lipinski definition) is 3. The lowest BCUT2D eigenvalue weighted by Gasteiger charge is -2.10. The quantitative estimate of drug-likeness (QED) is 0.729. The lowest BCUT2D eigenvalue weighted by atomic mass is 10.1. The van der Waals surface area contributed by atoms with Crippen molar-refractivity contribution in [2.75, 3.05) is 13.7 Å². The maximum atomic E-state index is 5.87. The van der Waals surface area contributed by atoms with Gasteiger partial charge >= 0.3 is 0 Å². The second-order valence-electron chi connectivity index (χ2n) is 2.67. The highest BCUT2D eigenvalue weighted by molar-refractivity contribution is 5.13. The summed E-state index contributed by atoms with van der Waals surface area (Å²) < 4.78 is 4.94. The molecule has 66 valence electrons. The third-order valence-electron chi connectivity index (χ3n) is 1.77. The first-order valence-electron chi connectivity index (χ1n) is 3.99. The van der Waals surface area contributed by atoms with E-state index in [2.05, 4.69) is 4.98 Å². The summed E-state index contributed by atoms with van der Waals surface area (Å²) in [5.41, 5.74) is 6.99. The summed E-state index contributed by atoms with van der Waals surface area (Å²) in [7, 11) is 1.68. The van der Waals surface area contributed by atoms with Gasteiger partial charge in [0.05, 0.1) is 0 Å². The van der Waals surface area contributed by atoms with Crippen LogP contribution in [0.15, 0.2) is 24.5 Å². The molecule has 1 rings (SSSR count). The minimum atomic E-state index is 0.0629. The first kappa shape index (κ1) is 9.16. The SMILES string of the molecule is COCCC(N)c1ccncc1. The van der Waals surface area contributed by atoms with Gasteiger partial charge in [0, 0.05) is 32.2 Å². The van der Waals surface area contributed by atoms with Gasteiger partial charge in [0.25, 0.3) is 0 Å². The molecule has 3 heteroatoms. The van der Waals surface area contributed by atoms with Crippen LogP contribution in [0.1, 0.15) is 18.0 Å². The monoisotopic (exact) mass is 166 g/mol. The van der Waals surface area contributed by atoms with Crippen LogP contribution in [-0.2, 0) is 4.74 Å². The molecular formula is C9H14N2O. The van der Waals surface area contributed by atoms with E-state index >= 15 is 0 Å². The van der Waals surface area contributed by atoms with E-state index in [1.807, 2.05) is 12.1 Å². The average Bonchev–Trinajstić information content (AvgIpc) is 2.15. The zero-order valence-corrected chi connectivity index (χ0v) is 7.23. The zero-order valence-electron chi connectivity index (χ0n) is 7.23. The molecule has 3 nitrogen and oxygen atoms in total. The highest BCUT2D eigenvalue weighted by Gasteiger charge is 2.03. The van der Waals surface area contributed by atoms with Gasteiger partial charge in [-0.2, -0.15) is 0 Å². The van der Waals surface area contributed by atoms with E-state index in [0.717, 1.165) is 12.0 Å². The number of nitrogens with zero attached hydrogens (tertiary/aromatic N) is 1. The molecular weight excluding hydrogens is 152 g/mol. The highest BCUT2D eigenvalue weighted by Crippen LogP contribution is 2.11. The minimum absolute atomic E-state index is 0.0629. The van der Waals surface area contributed by atoms with Gasteiger partial charge in [-0.15, -0.1) is 0 Å². The van der Waals surface area contributed by atoms with Crippen molar-refractivity contribution >= 4 is 0 Å². The van der Waals surface area contributed by atoms with Crippen LogP contribution in [0.4, 0.5) is 0 Å². The number of methoxy groups -OCH3 is 1. The minimum Gasteiger partial charge on any atom is -0.385 e. The van der Waals surface area contributed by atoms with Crippen molar-refractivity contribution < 1.29 is 4.74 Å². The molecule has 0 saturated carbocycles. The molecule has 1 atom stereocenters. The Morgan fingerprint density at radius 1 is 1.50 bits per heavy atom. The Labute approximate surface area is 72.6 Å². The van der Waals surface area contributed by atoms with Crippen molar-refractivity contribution in [1.29, 1.82) is 0 Å². The Kier molecular flexibility index (Phi) is 3.70. The third-order valence-corrected chi connectivity index (χ3v) is 1.77. The second kappa shape index (κ2) is 4.85. The van der Waals surface area contributed by atoms with Crippen LogP contribution in [0.5, 0.6) is 0 Å². The van der Waals surface area contributed by atoms with Crippen molar-refractivity contribution in [3.63, 3.8) is 0 Å². The first-order valence-corrected chi connectivity index (χ1v) is 3.99. The van der Waals surface area contributed by atoms with Crippen LogP contribution in [-0.4, -0.2) is 18.7 Å². The van der Waals surface area contributed by atoms with Crippen LogP contribution in [0.25, 0.3) is 0 Å². The van der Waals surface area contributed by atoms with Crippen molar-refractivity contribution in [2.24, 2.45) is 5.73 Å². The molecule has 0 aromatic carbocycles. The first-order chi connectivity index (χ1) is 5.84. The third kappa shape index (κ3) is 2.60. The number of pyridine rings is 1. The highest BCUT2D eigenvalue weighted by atomic mass is 16.5. The lowest BCUT2D eigenvalue weighted by molar-refractivity contribution is 0.188. The van der Waals surface area contributed by atoms with E-state index < -0.39 is 0 Å². The van der Waals surface area contributed by atoms with Gasteiger partial charge in [0.2, 0.25) is 0 Å². The van der Waals surface area contributed by atoms with Gasteiger partial charge in [-0.3, -0.25) is 4.98 Å². The van der Waals surface area contributed by atoms with E-state index in [9.17, 15) is 0 Å². The summed E-state index contributed by atoms with van der Waals surface area (Å²) in [6.07, 6.45) is 4.35. The van der Waals surface area contributed by atoms with Gasteiger partial charge in [-0.05, 0) is 24.1 Å². The van der Waals surface area contributed by atoms with Crippen molar-refractivity contribution in [3.8, 4) is 0 Å². The summed E-state index contributed by atoms with van der Waals surface area (Å²) in [4.78, 5) is 3.92. The van der Waals surface area contributed by atoms with Crippen molar-refractivity contribution in [3.05, 3.63) is 30.1 Å². The predicted octanol–water partition coefficient (Wildman–Crippen LogP) is 1.12. The molecule has 0 radical (unpaired) electrons. The molecule has 1 unspecified atom stereocenters. The Morgan fingerprint density at radius 2 is 2.17 bits per heavy atom. The Bertz CT molecular complexity index is 213. The van der Waals surface area contributed by atoms with Gasteiger partial charge in [0.15, 0.2) is 0 Å². The smallest absolute Gasteiger partial charge is 0.0480 e. The number of nitrogens with two attached hydrogens (primary N) is 1. The fraction of sp³-hybridized carbons (Fsp3) is 0.444. The molecule has 0 aliphatic rings. The van der Waals surface area contributed by atoms with Crippen molar-refractivity contribution in [2.45, 2.75) is 12.5 Å². The second-order valence-corrected chi connectivity index (χ2v) is 2.67. The molecule has 1 heterocycles. The van der Waals surface area contributed by atoms with Crippen LogP contribution in [0.3, 0.4) is 0 Å². The van der Waals surface area contributed by atoms with Gasteiger partial charge < -0.3 is 10.5 Å². The molecule has 1 aromatic rings. The molecule has 0 aliphatic heterocycles. The van der Waals surface area contributed by atoms with E-state index in [-0.39, 0.29) is 6.04 Å².